The van der Waals surface area contributed by atoms with E-state index in [0.29, 0.717) is 16.7 Å². The molecule has 146 valence electrons. The van der Waals surface area contributed by atoms with Gasteiger partial charge in [0.1, 0.15) is 5.75 Å². The average Bonchev–Trinajstić information content (AvgIpc) is 3.33. The van der Waals surface area contributed by atoms with Crippen LogP contribution >= 0.6 is 0 Å². The number of carbonyl (C=O) groups excluding carboxylic acids is 2. The van der Waals surface area contributed by atoms with Crippen molar-refractivity contribution in [2.24, 2.45) is 0 Å². The lowest BCUT2D eigenvalue weighted by Gasteiger charge is -2.25. The van der Waals surface area contributed by atoms with Crippen LogP contribution in [0.4, 0.5) is 4.79 Å². The van der Waals surface area contributed by atoms with Crippen LogP contribution in [0.25, 0.3) is 10.8 Å². The Hall–Kier alpha value is -3.49. The predicted molar refractivity (Wildman–Crippen MR) is 101 cm³/mol. The molecule has 0 radical (unpaired) electrons. The van der Waals surface area contributed by atoms with E-state index in [0.717, 1.165) is 5.39 Å². The third-order valence-corrected chi connectivity index (χ3v) is 5.04. The topological polar surface area (TPSA) is 110 Å². The molecule has 0 spiro atoms. The summed E-state index contributed by atoms with van der Waals surface area (Å²) in [6, 6.07) is 4.85. The zero-order valence-corrected chi connectivity index (χ0v) is 15.8. The first-order valence-corrected chi connectivity index (χ1v) is 8.88. The molecule has 9 heteroatoms. The molecule has 3 aromatic rings. The number of fused-ring (bicyclic) bond motifs is 1. The average molecular weight is 383 g/mol. The van der Waals surface area contributed by atoms with Crippen LogP contribution in [0.3, 0.4) is 0 Å². The summed E-state index contributed by atoms with van der Waals surface area (Å²) in [7, 11) is 1.55. The van der Waals surface area contributed by atoms with Gasteiger partial charge in [0.15, 0.2) is 11.4 Å². The van der Waals surface area contributed by atoms with Gasteiger partial charge in [-0.2, -0.15) is 5.10 Å². The quantitative estimate of drug-likeness (QED) is 0.583. The van der Waals surface area contributed by atoms with Gasteiger partial charge in [-0.3, -0.25) is 14.8 Å². The van der Waals surface area contributed by atoms with E-state index in [1.54, 1.807) is 47.1 Å². The van der Waals surface area contributed by atoms with Crippen LogP contribution < -0.4 is 15.4 Å². The van der Waals surface area contributed by atoms with Crippen molar-refractivity contribution in [3.63, 3.8) is 0 Å². The number of amides is 3. The molecule has 9 nitrogen and oxygen atoms in total. The van der Waals surface area contributed by atoms with Crippen molar-refractivity contribution in [2.75, 3.05) is 7.11 Å². The highest BCUT2D eigenvalue weighted by Crippen LogP contribution is 2.34. The zero-order valence-electron chi connectivity index (χ0n) is 15.8. The molecule has 1 atom stereocenters. The maximum Gasteiger partial charge on any atom is 0.322 e. The molecule has 1 aliphatic rings. The van der Waals surface area contributed by atoms with E-state index in [4.69, 9.17) is 4.74 Å². The molecule has 28 heavy (non-hydrogen) atoms. The highest BCUT2D eigenvalue weighted by molar-refractivity contribution is 6.07. The number of hydrogen-bond acceptors (Lipinski definition) is 5. The van der Waals surface area contributed by atoms with Gasteiger partial charge in [0.2, 0.25) is 0 Å². The lowest BCUT2D eigenvalue weighted by molar-refractivity contribution is -0.124. The van der Waals surface area contributed by atoms with Gasteiger partial charge < -0.3 is 19.7 Å². The number of nitrogens with one attached hydrogen (secondary N) is 2. The fourth-order valence-corrected chi connectivity index (χ4v) is 3.47. The summed E-state index contributed by atoms with van der Waals surface area (Å²) in [5.74, 6) is 0.106. The van der Waals surface area contributed by atoms with Crippen molar-refractivity contribution in [1.82, 2.24) is 25.0 Å². The normalized spacial score (nSPS) is 19.3. The van der Waals surface area contributed by atoms with Gasteiger partial charge in [-0.15, -0.1) is 0 Å². The standard InChI is InChI=1S/C19H21N5O4/c1-11(2)24-9-13(7-20-24)19(17(26)21-18(27)22-19)10-23-8-12-4-5-14(28-3)6-15(12)16(23)25/h4-9,11,25H,10H2,1-3H3,(H2,21,22,26,27)/t19-/m0/s1. The van der Waals surface area contributed by atoms with Gasteiger partial charge in [0.25, 0.3) is 5.91 Å². The molecule has 3 N–H and O–H groups in total. The zero-order chi connectivity index (χ0) is 20.1. The number of rotatable bonds is 5. The van der Waals surface area contributed by atoms with Crippen LogP contribution in [0.2, 0.25) is 0 Å². The van der Waals surface area contributed by atoms with Gasteiger partial charge >= 0.3 is 6.03 Å². The van der Waals surface area contributed by atoms with Gasteiger partial charge in [-0.05, 0) is 32.0 Å². The van der Waals surface area contributed by atoms with Gasteiger partial charge in [0.05, 0.1) is 19.9 Å². The van der Waals surface area contributed by atoms with Gasteiger partial charge in [-0.1, -0.05) is 0 Å². The summed E-state index contributed by atoms with van der Waals surface area (Å²) >= 11 is 0. The van der Waals surface area contributed by atoms with Crippen molar-refractivity contribution in [1.29, 1.82) is 0 Å². The Morgan fingerprint density at radius 1 is 1.29 bits per heavy atom. The third kappa shape index (κ3) is 2.67. The number of carbonyl (C=O) groups is 2. The number of aromatic nitrogens is 3. The summed E-state index contributed by atoms with van der Waals surface area (Å²) in [4.78, 5) is 24.7. The molecule has 2 aromatic heterocycles. The minimum atomic E-state index is -1.37. The summed E-state index contributed by atoms with van der Waals surface area (Å²) < 4.78 is 8.47. The number of benzene rings is 1. The first-order chi connectivity index (χ1) is 13.3. The molecule has 0 aliphatic carbocycles. The van der Waals surface area contributed by atoms with Crippen molar-refractivity contribution < 1.29 is 19.4 Å². The Kier molecular flexibility index (Phi) is 4.02. The van der Waals surface area contributed by atoms with Crippen LogP contribution in [0, 0.1) is 0 Å². The number of hydrogen-bond donors (Lipinski definition) is 3. The molecule has 0 saturated carbocycles. The fourth-order valence-electron chi connectivity index (χ4n) is 3.47. The van der Waals surface area contributed by atoms with Crippen molar-refractivity contribution >= 4 is 22.7 Å². The fraction of sp³-hybridized carbons (Fsp3) is 0.316. The summed E-state index contributed by atoms with van der Waals surface area (Å²) in [6.07, 6.45) is 5.03. The van der Waals surface area contributed by atoms with Gasteiger partial charge in [0, 0.05) is 34.8 Å². The Balaban J connectivity index is 1.81. The van der Waals surface area contributed by atoms with Crippen molar-refractivity contribution in [3.05, 3.63) is 42.4 Å². The monoisotopic (exact) mass is 383 g/mol. The minimum Gasteiger partial charge on any atom is -0.497 e. The predicted octanol–water partition coefficient (Wildman–Crippen LogP) is 1.87. The third-order valence-electron chi connectivity index (χ3n) is 5.04. The number of urea groups is 1. The maximum atomic E-state index is 12.8. The second-order valence-corrected chi connectivity index (χ2v) is 7.15. The Bertz CT molecular complexity index is 1080. The second kappa shape index (κ2) is 6.29. The molecular formula is C19H21N5O4. The number of ether oxygens (including phenoxy) is 1. The molecule has 1 aromatic carbocycles. The molecule has 3 heterocycles. The molecule has 1 saturated heterocycles. The van der Waals surface area contributed by atoms with Crippen LogP contribution in [0.5, 0.6) is 11.6 Å². The first-order valence-electron chi connectivity index (χ1n) is 8.88. The second-order valence-electron chi connectivity index (χ2n) is 7.15. The molecule has 1 aliphatic heterocycles. The largest absolute Gasteiger partial charge is 0.497 e. The Morgan fingerprint density at radius 3 is 2.68 bits per heavy atom. The highest BCUT2D eigenvalue weighted by atomic mass is 16.5. The first kappa shape index (κ1) is 17.9. The van der Waals surface area contributed by atoms with E-state index in [9.17, 15) is 14.7 Å². The van der Waals surface area contributed by atoms with Crippen LogP contribution in [0.1, 0.15) is 25.5 Å². The van der Waals surface area contributed by atoms with Crippen LogP contribution in [0.15, 0.2) is 36.8 Å². The molecule has 3 amide bonds. The van der Waals surface area contributed by atoms with E-state index in [-0.39, 0.29) is 18.5 Å². The number of nitrogens with zero attached hydrogens (tertiary/aromatic N) is 3. The molecule has 1 fully saturated rings. The van der Waals surface area contributed by atoms with Crippen LogP contribution in [-0.4, -0.2) is 38.5 Å². The van der Waals surface area contributed by atoms with E-state index < -0.39 is 17.5 Å². The molecule has 0 unspecified atom stereocenters. The Morgan fingerprint density at radius 2 is 2.07 bits per heavy atom. The molecular weight excluding hydrogens is 362 g/mol. The summed E-state index contributed by atoms with van der Waals surface area (Å²) in [5.41, 5.74) is -0.833. The van der Waals surface area contributed by atoms with Gasteiger partial charge in [-0.25, -0.2) is 4.79 Å². The summed E-state index contributed by atoms with van der Waals surface area (Å²) in [5, 5.41) is 21.4. The van der Waals surface area contributed by atoms with Crippen molar-refractivity contribution in [3.8, 4) is 11.6 Å². The number of aromatic hydroxyl groups is 1. The maximum absolute atomic E-state index is 12.8. The number of methoxy groups -OCH3 is 1. The SMILES string of the molecule is COc1ccc2cn(C[C@@]3(c4cnn(C(C)C)c4)NC(=O)NC3=O)c(O)c2c1. The van der Waals surface area contributed by atoms with Crippen molar-refractivity contribution in [2.45, 2.75) is 32.0 Å². The lowest BCUT2D eigenvalue weighted by Crippen LogP contribution is -2.47. The van der Waals surface area contributed by atoms with E-state index >= 15 is 0 Å². The lowest BCUT2D eigenvalue weighted by atomic mass is 9.92. The number of imide groups is 1. The highest BCUT2D eigenvalue weighted by Gasteiger charge is 2.49. The molecule has 0 bridgehead atoms. The summed E-state index contributed by atoms with van der Waals surface area (Å²) in [6.45, 7) is 3.94. The Labute approximate surface area is 160 Å². The molecule has 4 rings (SSSR count). The smallest absolute Gasteiger partial charge is 0.322 e. The minimum absolute atomic E-state index is 0.0111. The van der Waals surface area contributed by atoms with Crippen LogP contribution in [-0.2, 0) is 16.9 Å². The van der Waals surface area contributed by atoms with E-state index in [2.05, 4.69) is 15.7 Å². The van der Waals surface area contributed by atoms with E-state index in [1.807, 2.05) is 19.9 Å². The van der Waals surface area contributed by atoms with E-state index in [1.165, 1.54) is 0 Å².